The normalized spacial score (nSPS) is 21.0. The largest absolute Gasteiger partial charge is 0.321 e. The monoisotopic (exact) mass is 335 g/mol. The van der Waals surface area contributed by atoms with Gasteiger partial charge in [-0.3, -0.25) is 4.79 Å². The van der Waals surface area contributed by atoms with Crippen LogP contribution in [0, 0.1) is 6.92 Å². The predicted octanol–water partition coefficient (Wildman–Crippen LogP) is 3.07. The van der Waals surface area contributed by atoms with Crippen molar-refractivity contribution in [2.45, 2.75) is 25.8 Å². The zero-order chi connectivity index (χ0) is 15.5. The van der Waals surface area contributed by atoms with Gasteiger partial charge in [-0.1, -0.05) is 17.7 Å². The highest BCUT2D eigenvalue weighted by molar-refractivity contribution is 7.10. The molecular weight excluding hydrogens is 316 g/mol. The Hall–Kier alpha value is -1.36. The summed E-state index contributed by atoms with van der Waals surface area (Å²) in [6.07, 6.45) is 2.36. The lowest BCUT2D eigenvalue weighted by Crippen LogP contribution is -3.11. The first-order valence-electron chi connectivity index (χ1n) is 7.57. The first-order valence-corrected chi connectivity index (χ1v) is 8.83. The molecule has 22 heavy (non-hydrogen) atoms. The first-order chi connectivity index (χ1) is 10.6. The van der Waals surface area contributed by atoms with E-state index in [1.54, 1.807) is 17.4 Å². The molecule has 0 saturated carbocycles. The standard InChI is InChI=1S/C17H19ClN2OS/c1-12-10-13(18)6-7-14(12)19-17(21)11-20-8-2-4-15(20)16-5-3-9-22-16/h3,5-7,9-10,15H,2,4,8,11H2,1H3,(H,19,21)/p+1/t15-/m0/s1. The van der Waals surface area contributed by atoms with Gasteiger partial charge in [0.25, 0.3) is 5.91 Å². The first kappa shape index (κ1) is 15.5. The van der Waals surface area contributed by atoms with Crippen molar-refractivity contribution in [1.82, 2.24) is 0 Å². The molecule has 1 saturated heterocycles. The minimum absolute atomic E-state index is 0.0730. The molecule has 0 radical (unpaired) electrons. The average molecular weight is 336 g/mol. The number of likely N-dealkylation sites (tertiary alicyclic amines) is 1. The van der Waals surface area contributed by atoms with E-state index in [4.69, 9.17) is 11.6 Å². The number of rotatable bonds is 4. The molecule has 1 aromatic carbocycles. The molecule has 2 atom stereocenters. The molecule has 2 aromatic rings. The minimum atomic E-state index is 0.0730. The molecule has 116 valence electrons. The Kier molecular flexibility index (Phi) is 4.81. The second-order valence-electron chi connectivity index (χ2n) is 5.80. The van der Waals surface area contributed by atoms with E-state index >= 15 is 0 Å². The number of carbonyl (C=O) groups excluding carboxylic acids is 1. The molecule has 2 heterocycles. The molecule has 1 aliphatic heterocycles. The number of thiophene rings is 1. The Bertz CT molecular complexity index is 657. The number of carbonyl (C=O) groups is 1. The van der Waals surface area contributed by atoms with Gasteiger partial charge in [-0.25, -0.2) is 0 Å². The maximum absolute atomic E-state index is 12.4. The molecule has 1 aromatic heterocycles. The Morgan fingerprint density at radius 2 is 2.32 bits per heavy atom. The molecule has 2 N–H and O–H groups in total. The van der Waals surface area contributed by atoms with Gasteiger partial charge in [0.15, 0.2) is 6.54 Å². The molecule has 0 bridgehead atoms. The van der Waals surface area contributed by atoms with Crippen LogP contribution in [-0.4, -0.2) is 19.0 Å². The van der Waals surface area contributed by atoms with Crippen LogP contribution in [0.4, 0.5) is 5.69 Å². The molecule has 1 aliphatic rings. The Morgan fingerprint density at radius 3 is 3.05 bits per heavy atom. The van der Waals surface area contributed by atoms with Crippen LogP contribution in [0.25, 0.3) is 0 Å². The van der Waals surface area contributed by atoms with Crippen LogP contribution in [0.5, 0.6) is 0 Å². The number of quaternary nitrogens is 1. The maximum Gasteiger partial charge on any atom is 0.279 e. The number of halogens is 1. The van der Waals surface area contributed by atoms with Gasteiger partial charge in [0.05, 0.1) is 11.4 Å². The third-order valence-electron chi connectivity index (χ3n) is 4.22. The van der Waals surface area contributed by atoms with E-state index in [-0.39, 0.29) is 5.91 Å². The van der Waals surface area contributed by atoms with Crippen molar-refractivity contribution < 1.29 is 9.69 Å². The van der Waals surface area contributed by atoms with Gasteiger partial charge in [0.1, 0.15) is 6.04 Å². The summed E-state index contributed by atoms with van der Waals surface area (Å²) in [6.45, 7) is 3.54. The van der Waals surface area contributed by atoms with Gasteiger partial charge in [0, 0.05) is 23.6 Å². The summed E-state index contributed by atoms with van der Waals surface area (Å²) in [5, 5.41) is 5.82. The van der Waals surface area contributed by atoms with Crippen molar-refractivity contribution >= 4 is 34.5 Å². The van der Waals surface area contributed by atoms with Crippen molar-refractivity contribution in [1.29, 1.82) is 0 Å². The van der Waals surface area contributed by atoms with E-state index in [1.165, 1.54) is 22.6 Å². The molecule has 1 amide bonds. The fourth-order valence-corrected chi connectivity index (χ4v) is 4.27. The lowest BCUT2D eigenvalue weighted by molar-refractivity contribution is -0.910. The molecule has 1 unspecified atom stereocenters. The van der Waals surface area contributed by atoms with E-state index in [1.807, 2.05) is 19.1 Å². The van der Waals surface area contributed by atoms with Gasteiger partial charge in [-0.2, -0.15) is 0 Å². The summed E-state index contributed by atoms with van der Waals surface area (Å²) in [6, 6.07) is 10.3. The Balaban J connectivity index is 1.64. The van der Waals surface area contributed by atoms with E-state index in [2.05, 4.69) is 22.8 Å². The lowest BCUT2D eigenvalue weighted by Gasteiger charge is -2.20. The number of amides is 1. The van der Waals surface area contributed by atoms with Gasteiger partial charge in [-0.05, 0) is 42.1 Å². The van der Waals surface area contributed by atoms with Gasteiger partial charge in [0.2, 0.25) is 0 Å². The van der Waals surface area contributed by atoms with Crippen LogP contribution < -0.4 is 10.2 Å². The minimum Gasteiger partial charge on any atom is -0.321 e. The number of aryl methyl sites for hydroxylation is 1. The average Bonchev–Trinajstić information content (AvgIpc) is 3.12. The van der Waals surface area contributed by atoms with E-state index < -0.39 is 0 Å². The smallest absolute Gasteiger partial charge is 0.279 e. The van der Waals surface area contributed by atoms with Gasteiger partial charge >= 0.3 is 0 Å². The van der Waals surface area contributed by atoms with E-state index in [0.717, 1.165) is 17.8 Å². The van der Waals surface area contributed by atoms with Crippen molar-refractivity contribution in [3.05, 3.63) is 51.2 Å². The van der Waals surface area contributed by atoms with Gasteiger partial charge in [-0.15, -0.1) is 11.3 Å². The SMILES string of the molecule is Cc1cc(Cl)ccc1NC(=O)C[NH+]1CCC[C@H]1c1cccs1. The molecule has 3 nitrogen and oxygen atoms in total. The predicted molar refractivity (Wildman–Crippen MR) is 91.8 cm³/mol. The van der Waals surface area contributed by atoms with Crippen LogP contribution in [-0.2, 0) is 4.79 Å². The summed E-state index contributed by atoms with van der Waals surface area (Å²) in [5.41, 5.74) is 1.84. The molecule has 1 fully saturated rings. The second kappa shape index (κ2) is 6.82. The summed E-state index contributed by atoms with van der Waals surface area (Å²) in [4.78, 5) is 15.1. The number of nitrogens with one attached hydrogen (secondary N) is 2. The summed E-state index contributed by atoms with van der Waals surface area (Å²) in [5.74, 6) is 0.0730. The molecular formula is C17H20ClN2OS+. The van der Waals surface area contributed by atoms with Crippen LogP contribution in [0.15, 0.2) is 35.7 Å². The summed E-state index contributed by atoms with van der Waals surface area (Å²) in [7, 11) is 0. The van der Waals surface area contributed by atoms with E-state index in [9.17, 15) is 4.79 Å². The van der Waals surface area contributed by atoms with Gasteiger partial charge < -0.3 is 10.2 Å². The lowest BCUT2D eigenvalue weighted by atomic mass is 10.2. The van der Waals surface area contributed by atoms with Crippen LogP contribution in [0.1, 0.15) is 29.3 Å². The second-order valence-corrected chi connectivity index (χ2v) is 7.22. The molecule has 0 spiro atoms. The zero-order valence-corrected chi connectivity index (χ0v) is 14.1. The van der Waals surface area contributed by atoms with Crippen molar-refractivity contribution in [2.24, 2.45) is 0 Å². The summed E-state index contributed by atoms with van der Waals surface area (Å²) < 4.78 is 0. The third kappa shape index (κ3) is 3.51. The zero-order valence-electron chi connectivity index (χ0n) is 12.6. The fourth-order valence-electron chi connectivity index (χ4n) is 3.12. The number of anilines is 1. The number of benzene rings is 1. The highest BCUT2D eigenvalue weighted by atomic mass is 35.5. The van der Waals surface area contributed by atoms with E-state index in [0.29, 0.717) is 17.6 Å². The van der Waals surface area contributed by atoms with Crippen molar-refractivity contribution in [2.75, 3.05) is 18.4 Å². The molecule has 3 rings (SSSR count). The van der Waals surface area contributed by atoms with Crippen LogP contribution in [0.3, 0.4) is 0 Å². The van der Waals surface area contributed by atoms with Crippen LogP contribution >= 0.6 is 22.9 Å². The van der Waals surface area contributed by atoms with Crippen molar-refractivity contribution in [3.8, 4) is 0 Å². The number of hydrogen-bond acceptors (Lipinski definition) is 2. The number of hydrogen-bond donors (Lipinski definition) is 2. The highest BCUT2D eigenvalue weighted by Gasteiger charge is 2.32. The van der Waals surface area contributed by atoms with Crippen molar-refractivity contribution in [3.63, 3.8) is 0 Å². The molecule has 0 aliphatic carbocycles. The topological polar surface area (TPSA) is 33.5 Å². The Labute approximate surface area is 139 Å². The highest BCUT2D eigenvalue weighted by Crippen LogP contribution is 2.23. The van der Waals surface area contributed by atoms with Crippen LogP contribution in [0.2, 0.25) is 5.02 Å². The Morgan fingerprint density at radius 1 is 1.45 bits per heavy atom. The maximum atomic E-state index is 12.4. The molecule has 5 heteroatoms. The third-order valence-corrected chi connectivity index (χ3v) is 5.44. The fraction of sp³-hybridized carbons (Fsp3) is 0.353. The summed E-state index contributed by atoms with van der Waals surface area (Å²) >= 11 is 7.74. The quantitative estimate of drug-likeness (QED) is 0.884.